The number of nitrogens with one attached hydrogen (secondary N) is 1. The molecule has 19 heavy (non-hydrogen) atoms. The van der Waals surface area contributed by atoms with E-state index in [9.17, 15) is 9.90 Å². The van der Waals surface area contributed by atoms with Crippen LogP contribution in [0.15, 0.2) is 42.5 Å². The van der Waals surface area contributed by atoms with Gasteiger partial charge in [-0.1, -0.05) is 37.3 Å². The molecule has 0 aromatic heterocycles. The lowest BCUT2D eigenvalue weighted by molar-refractivity contribution is 0.0698. The molecule has 0 aliphatic carbocycles. The second kappa shape index (κ2) is 5.57. The number of carboxylic acid groups (broad SMARTS) is 1. The number of hydrogen-bond donors (Lipinski definition) is 2. The van der Waals surface area contributed by atoms with Crippen molar-refractivity contribution in [2.75, 3.05) is 5.32 Å². The van der Waals surface area contributed by atoms with Crippen molar-refractivity contribution in [1.29, 1.82) is 0 Å². The Morgan fingerprint density at radius 3 is 2.58 bits per heavy atom. The van der Waals surface area contributed by atoms with Gasteiger partial charge in [-0.25, -0.2) is 4.79 Å². The van der Waals surface area contributed by atoms with E-state index in [1.807, 2.05) is 25.1 Å². The standard InChI is InChI=1S/C16H17NO2/c1-3-12-8-6-7-11(2)15(12)17-14-10-5-4-9-13(14)16(18)19/h4-10,17H,3H2,1-2H3,(H,18,19). The number of carbonyl (C=O) groups is 1. The largest absolute Gasteiger partial charge is 0.478 e. The van der Waals surface area contributed by atoms with Crippen molar-refractivity contribution in [1.82, 2.24) is 0 Å². The van der Waals surface area contributed by atoms with E-state index in [4.69, 9.17) is 0 Å². The predicted molar refractivity (Wildman–Crippen MR) is 77.2 cm³/mol. The number of carboxylic acids is 1. The molecule has 2 aromatic carbocycles. The number of rotatable bonds is 4. The number of aryl methyl sites for hydroxylation is 2. The van der Waals surface area contributed by atoms with Crippen LogP contribution in [0.3, 0.4) is 0 Å². The Balaban J connectivity index is 2.45. The third kappa shape index (κ3) is 2.76. The molecule has 2 N–H and O–H groups in total. The number of benzene rings is 2. The van der Waals surface area contributed by atoms with Crippen LogP contribution in [0.2, 0.25) is 0 Å². The molecule has 0 heterocycles. The Morgan fingerprint density at radius 2 is 1.89 bits per heavy atom. The smallest absolute Gasteiger partial charge is 0.337 e. The van der Waals surface area contributed by atoms with Crippen molar-refractivity contribution in [2.24, 2.45) is 0 Å². The summed E-state index contributed by atoms with van der Waals surface area (Å²) in [5.74, 6) is -0.922. The van der Waals surface area contributed by atoms with Gasteiger partial charge in [-0.3, -0.25) is 0 Å². The molecule has 98 valence electrons. The summed E-state index contributed by atoms with van der Waals surface area (Å²) in [5, 5.41) is 12.5. The molecule has 0 bridgehead atoms. The summed E-state index contributed by atoms with van der Waals surface area (Å²) in [6, 6.07) is 13.0. The van der Waals surface area contributed by atoms with Crippen molar-refractivity contribution in [3.05, 3.63) is 59.2 Å². The third-order valence-electron chi connectivity index (χ3n) is 3.16. The monoisotopic (exact) mass is 255 g/mol. The van der Waals surface area contributed by atoms with Crippen LogP contribution in [0.25, 0.3) is 0 Å². The van der Waals surface area contributed by atoms with Crippen LogP contribution in [-0.4, -0.2) is 11.1 Å². The van der Waals surface area contributed by atoms with E-state index in [0.29, 0.717) is 5.69 Å². The third-order valence-corrected chi connectivity index (χ3v) is 3.16. The molecule has 0 aliphatic rings. The van der Waals surface area contributed by atoms with E-state index in [1.54, 1.807) is 18.2 Å². The minimum atomic E-state index is -0.922. The van der Waals surface area contributed by atoms with Gasteiger partial charge in [-0.05, 0) is 36.6 Å². The first-order chi connectivity index (χ1) is 9.13. The molecule has 0 radical (unpaired) electrons. The summed E-state index contributed by atoms with van der Waals surface area (Å²) < 4.78 is 0. The minimum Gasteiger partial charge on any atom is -0.478 e. The van der Waals surface area contributed by atoms with Crippen LogP contribution in [0.5, 0.6) is 0 Å². The number of aromatic carboxylic acids is 1. The van der Waals surface area contributed by atoms with Crippen molar-refractivity contribution in [3.63, 3.8) is 0 Å². The van der Waals surface area contributed by atoms with Crippen LogP contribution < -0.4 is 5.32 Å². The fourth-order valence-corrected chi connectivity index (χ4v) is 2.12. The van der Waals surface area contributed by atoms with Crippen molar-refractivity contribution in [3.8, 4) is 0 Å². The molecule has 0 atom stereocenters. The van der Waals surface area contributed by atoms with Gasteiger partial charge < -0.3 is 10.4 Å². The molecule has 3 nitrogen and oxygen atoms in total. The van der Waals surface area contributed by atoms with E-state index < -0.39 is 5.97 Å². The lowest BCUT2D eigenvalue weighted by Crippen LogP contribution is -2.04. The normalized spacial score (nSPS) is 10.2. The van der Waals surface area contributed by atoms with Gasteiger partial charge >= 0.3 is 5.97 Å². The average molecular weight is 255 g/mol. The van der Waals surface area contributed by atoms with E-state index in [0.717, 1.165) is 17.7 Å². The second-order valence-electron chi connectivity index (χ2n) is 4.44. The van der Waals surface area contributed by atoms with Crippen molar-refractivity contribution < 1.29 is 9.90 Å². The molecule has 0 aliphatic heterocycles. The molecule has 0 fully saturated rings. The molecule has 2 aromatic rings. The number of anilines is 2. The minimum absolute atomic E-state index is 0.285. The maximum absolute atomic E-state index is 11.2. The Kier molecular flexibility index (Phi) is 3.85. The molecule has 3 heteroatoms. The Labute approximate surface area is 112 Å². The first-order valence-corrected chi connectivity index (χ1v) is 6.31. The summed E-state index contributed by atoms with van der Waals surface area (Å²) in [7, 11) is 0. The molecular weight excluding hydrogens is 238 g/mol. The predicted octanol–water partition coefficient (Wildman–Crippen LogP) is 4.00. The lowest BCUT2D eigenvalue weighted by Gasteiger charge is -2.15. The second-order valence-corrected chi connectivity index (χ2v) is 4.44. The van der Waals surface area contributed by atoms with E-state index >= 15 is 0 Å². The van der Waals surface area contributed by atoms with Gasteiger partial charge in [0.05, 0.1) is 11.3 Å². The van der Waals surface area contributed by atoms with Gasteiger partial charge in [-0.15, -0.1) is 0 Å². The average Bonchev–Trinajstić information content (AvgIpc) is 2.41. The summed E-state index contributed by atoms with van der Waals surface area (Å²) in [5.41, 5.74) is 4.20. The zero-order valence-electron chi connectivity index (χ0n) is 11.1. The fraction of sp³-hybridized carbons (Fsp3) is 0.188. The summed E-state index contributed by atoms with van der Waals surface area (Å²) in [4.78, 5) is 11.2. The van der Waals surface area contributed by atoms with E-state index in [1.165, 1.54) is 5.56 Å². The zero-order valence-corrected chi connectivity index (χ0v) is 11.1. The lowest BCUT2D eigenvalue weighted by atomic mass is 10.0. The SMILES string of the molecule is CCc1cccc(C)c1Nc1ccccc1C(=O)O. The van der Waals surface area contributed by atoms with Gasteiger partial charge in [-0.2, -0.15) is 0 Å². The van der Waals surface area contributed by atoms with Crippen LogP contribution in [-0.2, 0) is 6.42 Å². The highest BCUT2D eigenvalue weighted by molar-refractivity contribution is 5.95. The Hall–Kier alpha value is -2.29. The summed E-state index contributed by atoms with van der Waals surface area (Å²) in [6.45, 7) is 4.11. The Bertz CT molecular complexity index is 605. The molecule has 0 spiro atoms. The Morgan fingerprint density at radius 1 is 1.16 bits per heavy atom. The summed E-state index contributed by atoms with van der Waals surface area (Å²) in [6.07, 6.45) is 0.902. The molecule has 0 saturated carbocycles. The molecule has 0 unspecified atom stereocenters. The van der Waals surface area contributed by atoms with Crippen LogP contribution in [0.1, 0.15) is 28.4 Å². The number of para-hydroxylation sites is 2. The van der Waals surface area contributed by atoms with Crippen LogP contribution in [0, 0.1) is 6.92 Å². The fourth-order valence-electron chi connectivity index (χ4n) is 2.12. The maximum Gasteiger partial charge on any atom is 0.337 e. The van der Waals surface area contributed by atoms with E-state index in [2.05, 4.69) is 18.3 Å². The number of hydrogen-bond acceptors (Lipinski definition) is 2. The summed E-state index contributed by atoms with van der Waals surface area (Å²) >= 11 is 0. The van der Waals surface area contributed by atoms with Crippen LogP contribution >= 0.6 is 0 Å². The van der Waals surface area contributed by atoms with Gasteiger partial charge in [0, 0.05) is 5.69 Å². The molecule has 0 amide bonds. The maximum atomic E-state index is 11.2. The van der Waals surface area contributed by atoms with Crippen molar-refractivity contribution in [2.45, 2.75) is 20.3 Å². The van der Waals surface area contributed by atoms with Gasteiger partial charge in [0.1, 0.15) is 0 Å². The quantitative estimate of drug-likeness (QED) is 0.868. The van der Waals surface area contributed by atoms with Crippen molar-refractivity contribution >= 4 is 17.3 Å². The highest BCUT2D eigenvalue weighted by Crippen LogP contribution is 2.27. The first kappa shape index (κ1) is 13.1. The first-order valence-electron chi connectivity index (χ1n) is 6.31. The van der Waals surface area contributed by atoms with Gasteiger partial charge in [0.25, 0.3) is 0 Å². The highest BCUT2D eigenvalue weighted by Gasteiger charge is 2.11. The van der Waals surface area contributed by atoms with Gasteiger partial charge in [0.15, 0.2) is 0 Å². The van der Waals surface area contributed by atoms with Gasteiger partial charge in [0.2, 0.25) is 0 Å². The van der Waals surface area contributed by atoms with E-state index in [-0.39, 0.29) is 5.56 Å². The molecule has 2 rings (SSSR count). The molecule has 0 saturated heterocycles. The highest BCUT2D eigenvalue weighted by atomic mass is 16.4. The topological polar surface area (TPSA) is 49.3 Å². The molecular formula is C16H17NO2. The zero-order chi connectivity index (χ0) is 13.8. The van der Waals surface area contributed by atoms with Crippen LogP contribution in [0.4, 0.5) is 11.4 Å².